The van der Waals surface area contributed by atoms with Gasteiger partial charge in [-0.25, -0.2) is 13.1 Å². The van der Waals surface area contributed by atoms with Crippen LogP contribution in [0.3, 0.4) is 0 Å². The summed E-state index contributed by atoms with van der Waals surface area (Å²) >= 11 is 0. The van der Waals surface area contributed by atoms with Gasteiger partial charge in [-0.3, -0.25) is 14.9 Å². The maximum absolute atomic E-state index is 12.8. The standard InChI is InChI=1S/C22H21N3O5S/c1-15-9-11-19(13-20(15)25(27)28)24-22(26)18-10-8-16(2)21(12-18)31(29,30)23-14-17-6-4-3-5-7-17/h3-13,23H,14H2,1-2H3,(H,24,26). The van der Waals surface area contributed by atoms with Crippen molar-refractivity contribution in [2.45, 2.75) is 25.3 Å². The Bertz CT molecular complexity index is 1240. The maximum atomic E-state index is 12.8. The second kappa shape index (κ2) is 9.07. The molecule has 0 radical (unpaired) electrons. The number of nitrogens with zero attached hydrogens (tertiary/aromatic N) is 1. The van der Waals surface area contributed by atoms with Gasteiger partial charge in [-0.05, 0) is 43.2 Å². The molecule has 0 aromatic heterocycles. The Morgan fingerprint density at radius 3 is 2.32 bits per heavy atom. The molecule has 2 N–H and O–H groups in total. The van der Waals surface area contributed by atoms with E-state index in [2.05, 4.69) is 10.0 Å². The van der Waals surface area contributed by atoms with Gasteiger partial charge in [0.1, 0.15) is 0 Å². The molecule has 0 saturated carbocycles. The Hall–Kier alpha value is -3.56. The van der Waals surface area contributed by atoms with Crippen molar-refractivity contribution in [2.24, 2.45) is 0 Å². The van der Waals surface area contributed by atoms with E-state index in [0.717, 1.165) is 5.56 Å². The van der Waals surface area contributed by atoms with Crippen LogP contribution in [-0.4, -0.2) is 19.2 Å². The highest BCUT2D eigenvalue weighted by Gasteiger charge is 2.20. The quantitative estimate of drug-likeness (QED) is 0.427. The molecule has 9 heteroatoms. The zero-order valence-electron chi connectivity index (χ0n) is 17.0. The number of amides is 1. The van der Waals surface area contributed by atoms with Gasteiger partial charge < -0.3 is 5.32 Å². The van der Waals surface area contributed by atoms with Gasteiger partial charge in [-0.1, -0.05) is 42.5 Å². The number of sulfonamides is 1. The number of hydrogen-bond acceptors (Lipinski definition) is 5. The Morgan fingerprint density at radius 1 is 0.968 bits per heavy atom. The number of anilines is 1. The summed E-state index contributed by atoms with van der Waals surface area (Å²) in [6.45, 7) is 3.36. The third kappa shape index (κ3) is 5.33. The van der Waals surface area contributed by atoms with E-state index in [1.165, 1.54) is 24.3 Å². The van der Waals surface area contributed by atoms with Gasteiger partial charge >= 0.3 is 0 Å². The van der Waals surface area contributed by atoms with Crippen LogP contribution in [0, 0.1) is 24.0 Å². The molecule has 0 heterocycles. The molecule has 0 spiro atoms. The molecule has 0 aliphatic rings. The van der Waals surface area contributed by atoms with E-state index in [1.54, 1.807) is 38.1 Å². The minimum atomic E-state index is -3.86. The molecule has 160 valence electrons. The fourth-order valence-corrected chi connectivity index (χ4v) is 4.26. The first-order chi connectivity index (χ1) is 14.7. The molecule has 0 aliphatic carbocycles. The number of rotatable bonds is 7. The minimum Gasteiger partial charge on any atom is -0.322 e. The molecule has 0 atom stereocenters. The average molecular weight is 439 g/mol. The second-order valence-electron chi connectivity index (χ2n) is 7.00. The second-order valence-corrected chi connectivity index (χ2v) is 8.74. The molecule has 31 heavy (non-hydrogen) atoms. The highest BCUT2D eigenvalue weighted by molar-refractivity contribution is 7.89. The van der Waals surface area contributed by atoms with Crippen LogP contribution in [-0.2, 0) is 16.6 Å². The van der Waals surface area contributed by atoms with E-state index in [0.29, 0.717) is 11.1 Å². The van der Waals surface area contributed by atoms with Crippen LogP contribution in [0.15, 0.2) is 71.6 Å². The first kappa shape index (κ1) is 22.1. The summed E-state index contributed by atoms with van der Waals surface area (Å²) in [6.07, 6.45) is 0. The van der Waals surface area contributed by atoms with Crippen molar-refractivity contribution in [3.8, 4) is 0 Å². The number of nitrogens with one attached hydrogen (secondary N) is 2. The normalized spacial score (nSPS) is 11.2. The van der Waals surface area contributed by atoms with Crippen molar-refractivity contribution in [1.29, 1.82) is 0 Å². The average Bonchev–Trinajstić information content (AvgIpc) is 2.74. The molecule has 3 rings (SSSR count). The molecule has 0 bridgehead atoms. The summed E-state index contributed by atoms with van der Waals surface area (Å²) in [7, 11) is -3.86. The van der Waals surface area contributed by atoms with E-state index in [9.17, 15) is 23.3 Å². The fourth-order valence-electron chi connectivity index (χ4n) is 2.97. The molecule has 3 aromatic rings. The van der Waals surface area contributed by atoms with Crippen LogP contribution in [0.4, 0.5) is 11.4 Å². The monoisotopic (exact) mass is 439 g/mol. The Kier molecular flexibility index (Phi) is 6.47. The van der Waals surface area contributed by atoms with Crippen molar-refractivity contribution >= 4 is 27.3 Å². The van der Waals surface area contributed by atoms with E-state index in [1.807, 2.05) is 18.2 Å². The van der Waals surface area contributed by atoms with Gasteiger partial charge in [0.05, 0.1) is 9.82 Å². The fraction of sp³-hybridized carbons (Fsp3) is 0.136. The van der Waals surface area contributed by atoms with Gasteiger partial charge in [0.25, 0.3) is 11.6 Å². The van der Waals surface area contributed by atoms with E-state index in [4.69, 9.17) is 0 Å². The summed E-state index contributed by atoms with van der Waals surface area (Å²) in [6, 6.07) is 17.8. The van der Waals surface area contributed by atoms with Crippen LogP contribution >= 0.6 is 0 Å². The van der Waals surface area contributed by atoms with Crippen molar-refractivity contribution in [1.82, 2.24) is 4.72 Å². The zero-order chi connectivity index (χ0) is 22.6. The predicted molar refractivity (Wildman–Crippen MR) is 117 cm³/mol. The van der Waals surface area contributed by atoms with Crippen LogP contribution in [0.25, 0.3) is 0 Å². The summed E-state index contributed by atoms with van der Waals surface area (Å²) in [4.78, 5) is 23.2. The van der Waals surface area contributed by atoms with Crippen molar-refractivity contribution in [3.05, 3.63) is 99.1 Å². The molecule has 3 aromatic carbocycles. The lowest BCUT2D eigenvalue weighted by Crippen LogP contribution is -2.24. The zero-order valence-corrected chi connectivity index (χ0v) is 17.8. The number of benzene rings is 3. The largest absolute Gasteiger partial charge is 0.322 e. The first-order valence-electron chi connectivity index (χ1n) is 9.38. The lowest BCUT2D eigenvalue weighted by atomic mass is 10.1. The SMILES string of the molecule is Cc1ccc(NC(=O)c2ccc(C)c(S(=O)(=O)NCc3ccccc3)c2)cc1[N+](=O)[O-]. The summed E-state index contributed by atoms with van der Waals surface area (Å²) < 4.78 is 28.1. The molecule has 8 nitrogen and oxygen atoms in total. The molecule has 1 amide bonds. The predicted octanol–water partition coefficient (Wildman–Crippen LogP) is 3.94. The first-order valence-corrected chi connectivity index (χ1v) is 10.9. The number of carbonyl (C=O) groups is 1. The topological polar surface area (TPSA) is 118 Å². The van der Waals surface area contributed by atoms with Crippen LogP contribution in [0.5, 0.6) is 0 Å². The van der Waals surface area contributed by atoms with E-state index >= 15 is 0 Å². The number of hydrogen-bond donors (Lipinski definition) is 2. The molecular formula is C22H21N3O5S. The molecule has 0 aliphatic heterocycles. The van der Waals surface area contributed by atoms with Gasteiger partial charge in [-0.15, -0.1) is 0 Å². The molecular weight excluding hydrogens is 418 g/mol. The van der Waals surface area contributed by atoms with Crippen LogP contribution < -0.4 is 10.0 Å². The lowest BCUT2D eigenvalue weighted by Gasteiger charge is -2.12. The number of nitro benzene ring substituents is 1. The van der Waals surface area contributed by atoms with Crippen molar-refractivity contribution in [3.63, 3.8) is 0 Å². The summed E-state index contributed by atoms with van der Waals surface area (Å²) in [5.74, 6) is -0.572. The Labute approximate surface area is 180 Å². The third-order valence-electron chi connectivity index (χ3n) is 4.71. The smallest absolute Gasteiger partial charge is 0.274 e. The molecule has 0 unspecified atom stereocenters. The summed E-state index contributed by atoms with van der Waals surface area (Å²) in [5.41, 5.74) is 2.01. The highest BCUT2D eigenvalue weighted by atomic mass is 32.2. The summed E-state index contributed by atoms with van der Waals surface area (Å²) in [5, 5.41) is 13.7. The van der Waals surface area contributed by atoms with E-state index < -0.39 is 20.9 Å². The van der Waals surface area contributed by atoms with Crippen molar-refractivity contribution < 1.29 is 18.1 Å². The van der Waals surface area contributed by atoms with Crippen molar-refractivity contribution in [2.75, 3.05) is 5.32 Å². The molecule has 0 fully saturated rings. The van der Waals surface area contributed by atoms with Gasteiger partial charge in [0.2, 0.25) is 10.0 Å². The third-order valence-corrected chi connectivity index (χ3v) is 6.26. The molecule has 0 saturated heterocycles. The Balaban J connectivity index is 1.82. The van der Waals surface area contributed by atoms with Gasteiger partial charge in [-0.2, -0.15) is 0 Å². The number of aryl methyl sites for hydroxylation is 2. The van der Waals surface area contributed by atoms with E-state index in [-0.39, 0.29) is 28.4 Å². The van der Waals surface area contributed by atoms with Gasteiger partial charge in [0, 0.05) is 29.4 Å². The maximum Gasteiger partial charge on any atom is 0.274 e. The Morgan fingerprint density at radius 2 is 1.65 bits per heavy atom. The number of carbonyl (C=O) groups excluding carboxylic acids is 1. The van der Waals surface area contributed by atoms with Crippen LogP contribution in [0.1, 0.15) is 27.0 Å². The lowest BCUT2D eigenvalue weighted by molar-refractivity contribution is -0.385. The number of nitro groups is 1. The minimum absolute atomic E-state index is 0.00836. The van der Waals surface area contributed by atoms with Crippen LogP contribution in [0.2, 0.25) is 0 Å². The highest BCUT2D eigenvalue weighted by Crippen LogP contribution is 2.23. The van der Waals surface area contributed by atoms with Gasteiger partial charge in [0.15, 0.2) is 0 Å².